The van der Waals surface area contributed by atoms with E-state index in [1.807, 2.05) is 20.8 Å². The summed E-state index contributed by atoms with van der Waals surface area (Å²) in [4.78, 5) is 0. The second-order valence-electron chi connectivity index (χ2n) is 30.8. The number of halogens is 1. The molecule has 0 aromatic rings. The average Bonchev–Trinajstić information content (AvgIpc) is 4.01. The molecule has 0 heterocycles. The maximum Gasteiger partial charge on any atom is 0.0657 e. The summed E-state index contributed by atoms with van der Waals surface area (Å²) in [6, 6.07) is 0. The van der Waals surface area contributed by atoms with Crippen LogP contribution in [0.1, 0.15) is 223 Å². The van der Waals surface area contributed by atoms with Crippen molar-refractivity contribution < 1.29 is 20.4 Å². The number of hydrogen-bond acceptors (Lipinski definition) is 4. The quantitative estimate of drug-likeness (QED) is 0.163. The second kappa shape index (κ2) is 20.4. The van der Waals surface area contributed by atoms with Gasteiger partial charge in [-0.3, -0.25) is 0 Å². The van der Waals surface area contributed by atoms with Crippen molar-refractivity contribution >= 4 is 15.9 Å². The summed E-state index contributed by atoms with van der Waals surface area (Å²) in [6.45, 7) is 36.2. The summed E-state index contributed by atoms with van der Waals surface area (Å²) in [5.74, 6) is 12.0. The zero-order valence-electron chi connectivity index (χ0n) is 48.8. The van der Waals surface area contributed by atoms with Gasteiger partial charge in [0.2, 0.25) is 0 Å². The molecule has 0 aromatic heterocycles. The maximum atomic E-state index is 10.6. The van der Waals surface area contributed by atoms with Crippen LogP contribution in [-0.2, 0) is 0 Å². The van der Waals surface area contributed by atoms with E-state index < -0.39 is 16.8 Å². The molecule has 0 radical (unpaired) electrons. The van der Waals surface area contributed by atoms with Crippen molar-refractivity contribution in [2.45, 2.75) is 240 Å². The lowest BCUT2D eigenvalue weighted by atomic mass is 9.50. The van der Waals surface area contributed by atoms with Gasteiger partial charge in [-0.05, 0) is 313 Å². The predicted octanol–water partition coefficient (Wildman–Crippen LogP) is 17.0. The molecule has 0 unspecified atom stereocenters. The summed E-state index contributed by atoms with van der Waals surface area (Å²) in [6.07, 6.45) is 29.4. The second-order valence-corrected chi connectivity index (χ2v) is 31.3. The van der Waals surface area contributed by atoms with E-state index in [1.54, 1.807) is 33.4 Å². The Morgan fingerprint density at radius 1 is 0.446 bits per heavy atom. The average molecular weight is 1080 g/mol. The topological polar surface area (TPSA) is 80.9 Å². The molecule has 21 atom stereocenters. The minimum Gasteiger partial charge on any atom is -0.392 e. The Bertz CT molecular complexity index is 2180. The molecule has 12 aliphatic carbocycles. The van der Waals surface area contributed by atoms with Gasteiger partial charge in [0, 0.05) is 5.33 Å². The molecule has 0 spiro atoms. The molecule has 0 aliphatic heterocycles. The van der Waals surface area contributed by atoms with Gasteiger partial charge in [-0.15, -0.1) is 0 Å². The first kappa shape index (κ1) is 56.1. The van der Waals surface area contributed by atoms with Crippen LogP contribution in [-0.4, -0.2) is 49.2 Å². The zero-order valence-corrected chi connectivity index (χ0v) is 50.4. The first-order valence-electron chi connectivity index (χ1n) is 31.2. The van der Waals surface area contributed by atoms with Crippen LogP contribution >= 0.6 is 15.9 Å². The van der Waals surface area contributed by atoms with Crippen LogP contribution < -0.4 is 0 Å². The fraction of sp³-hybridized carbons (Fsp3) is 0.826. The smallest absolute Gasteiger partial charge is 0.0657 e. The van der Waals surface area contributed by atoms with Crippen LogP contribution in [0.3, 0.4) is 0 Å². The van der Waals surface area contributed by atoms with Crippen LogP contribution in [0.25, 0.3) is 0 Å². The lowest BCUT2D eigenvalue weighted by Crippen LogP contribution is -2.48. The molecule has 4 nitrogen and oxygen atoms in total. The fourth-order valence-corrected chi connectivity index (χ4v) is 23.2. The van der Waals surface area contributed by atoms with Gasteiger partial charge in [0.1, 0.15) is 0 Å². The minimum absolute atomic E-state index is 0.155. The van der Waals surface area contributed by atoms with Crippen molar-refractivity contribution in [2.24, 2.45) is 105 Å². The molecule has 0 aromatic carbocycles. The monoisotopic (exact) mass is 1080 g/mol. The van der Waals surface area contributed by atoms with Crippen molar-refractivity contribution in [3.63, 3.8) is 0 Å². The third kappa shape index (κ3) is 9.66. The third-order valence-corrected chi connectivity index (χ3v) is 27.0. The highest BCUT2D eigenvalue weighted by Crippen LogP contribution is 2.69. The van der Waals surface area contributed by atoms with E-state index >= 15 is 0 Å². The molecule has 12 rings (SSSR count). The number of alkyl halides is 1. The number of aliphatic hydroxyl groups excluding tert-OH is 1. The first-order chi connectivity index (χ1) is 34.8. The lowest BCUT2D eigenvalue weighted by Gasteiger charge is -2.55. The lowest BCUT2D eigenvalue weighted by molar-refractivity contribution is -0.0319. The van der Waals surface area contributed by atoms with E-state index in [9.17, 15) is 20.4 Å². The van der Waals surface area contributed by atoms with Crippen LogP contribution in [0.5, 0.6) is 0 Å². The van der Waals surface area contributed by atoms with Gasteiger partial charge in [-0.2, -0.15) is 0 Å². The number of allylic oxidation sites excluding steroid dienone is 5. The summed E-state index contributed by atoms with van der Waals surface area (Å²) in [7, 11) is 0. The van der Waals surface area contributed by atoms with Crippen LogP contribution in [0.2, 0.25) is 0 Å². The highest BCUT2D eigenvalue weighted by Gasteiger charge is 2.60. The largest absolute Gasteiger partial charge is 0.392 e. The zero-order chi connectivity index (χ0) is 53.2. The van der Waals surface area contributed by atoms with Gasteiger partial charge in [0.15, 0.2) is 0 Å². The highest BCUT2D eigenvalue weighted by molar-refractivity contribution is 9.09. The van der Waals surface area contributed by atoms with Gasteiger partial charge in [-0.1, -0.05) is 101 Å². The van der Waals surface area contributed by atoms with E-state index in [0.29, 0.717) is 22.2 Å². The molecule has 414 valence electrons. The molecule has 9 saturated carbocycles. The van der Waals surface area contributed by atoms with Gasteiger partial charge < -0.3 is 20.4 Å². The molecule has 4 N–H and O–H groups in total. The van der Waals surface area contributed by atoms with Crippen LogP contribution in [0.15, 0.2) is 69.9 Å². The Morgan fingerprint density at radius 2 is 0.757 bits per heavy atom. The third-order valence-electron chi connectivity index (χ3n) is 26.3. The Kier molecular flexibility index (Phi) is 15.4. The fourth-order valence-electron chi connectivity index (χ4n) is 22.8. The predicted molar refractivity (Wildman–Crippen MR) is 311 cm³/mol. The van der Waals surface area contributed by atoms with E-state index in [4.69, 9.17) is 0 Å². The van der Waals surface area contributed by atoms with Crippen LogP contribution in [0, 0.1) is 105 Å². The first-order valence-corrected chi connectivity index (χ1v) is 32.3. The van der Waals surface area contributed by atoms with E-state index in [-0.39, 0.29) is 6.61 Å². The summed E-state index contributed by atoms with van der Waals surface area (Å²) >= 11 is 3.67. The highest BCUT2D eigenvalue weighted by atomic mass is 79.9. The number of hydrogen-bond donors (Lipinski definition) is 4. The van der Waals surface area contributed by atoms with Crippen molar-refractivity contribution in [2.75, 3.05) is 11.9 Å². The molecule has 5 heteroatoms. The van der Waals surface area contributed by atoms with Crippen molar-refractivity contribution in [1.29, 1.82) is 0 Å². The van der Waals surface area contributed by atoms with E-state index in [0.717, 1.165) is 132 Å². The Labute approximate surface area is 460 Å². The molecule has 0 amide bonds. The maximum absolute atomic E-state index is 10.6. The minimum atomic E-state index is -0.486. The standard InChI is InChI=1S/C23H35BrO.C23H36O2.C23H36O/c2*1-14-11-18-16(17-7-9-22(3,25)12-19(14)17)8-10-23(4)20(15(2)13-24)5-6-21(18)23;1-14(2)20-6-7-21-18-12-15(3)19-13-22(4,24)10-8-17(19)16(18)9-11-23(20,21)5/h16-18,20-21,25H,2,5-13H2,1,3-4H3;16-18,20-21,24-25H,2,5-13H2,1,3-4H3;16-18,20-21,24H,1,6-13H2,2-5H3/t3*16-,17-,18-,20-,21+,22-,23-/m111/s1. The van der Waals surface area contributed by atoms with Gasteiger partial charge in [0.25, 0.3) is 0 Å². The normalized spacial score (nSPS) is 49.9. The van der Waals surface area contributed by atoms with Gasteiger partial charge in [-0.25, -0.2) is 0 Å². The summed E-state index contributed by atoms with van der Waals surface area (Å²) in [5.41, 5.74) is 13.6. The molecular weight excluding hydrogens is 973 g/mol. The van der Waals surface area contributed by atoms with Crippen molar-refractivity contribution in [3.05, 3.63) is 69.9 Å². The number of fused-ring (bicyclic) bond motifs is 15. The van der Waals surface area contributed by atoms with Crippen LogP contribution in [0.4, 0.5) is 0 Å². The Hall–Kier alpha value is -1.24. The SMILES string of the molecule is C=C(C)[C@H]1CC[C@H]2[C@@H]3CC(C)=C4C[C@](C)(O)CC[C@@H]4[C@H]3CC[C@]12C.C=C(CBr)[C@H]1CC[C@H]2[C@@H]3CC(C)=C4C[C@](C)(O)CC[C@@H]4[C@H]3CC[C@]12C.C=C(CO)[C@H]1CC[C@H]2[C@@H]3CC(C)=C4C[C@](C)(O)CC[C@@H]4[C@H]3CC[C@]12C. The molecule has 9 fully saturated rings. The summed E-state index contributed by atoms with van der Waals surface area (Å²) < 4.78 is 0. The molecule has 12 aliphatic rings. The molecule has 0 bridgehead atoms. The number of rotatable bonds is 5. The Morgan fingerprint density at radius 3 is 1.07 bits per heavy atom. The summed E-state index contributed by atoms with van der Waals surface area (Å²) in [5, 5.41) is 42.4. The van der Waals surface area contributed by atoms with Gasteiger partial charge in [0.05, 0.1) is 23.4 Å². The molecule has 0 saturated heterocycles. The van der Waals surface area contributed by atoms with Gasteiger partial charge >= 0.3 is 0 Å². The van der Waals surface area contributed by atoms with E-state index in [2.05, 4.69) is 84.1 Å². The molecular formula is C69H107BrO4. The van der Waals surface area contributed by atoms with Crippen molar-refractivity contribution in [1.82, 2.24) is 0 Å². The number of aliphatic hydroxyl groups is 4. The van der Waals surface area contributed by atoms with E-state index in [1.165, 1.54) is 127 Å². The Balaban J connectivity index is 0.000000127. The molecule has 74 heavy (non-hydrogen) atoms. The van der Waals surface area contributed by atoms with Crippen molar-refractivity contribution in [3.8, 4) is 0 Å².